The molecular formula is C13H22ClNO. The normalized spacial score (nSPS) is 11.1. The molecule has 0 amide bonds. The van der Waals surface area contributed by atoms with E-state index < -0.39 is 0 Å². The van der Waals surface area contributed by atoms with Crippen molar-refractivity contribution in [2.24, 2.45) is 5.73 Å². The zero-order valence-corrected chi connectivity index (χ0v) is 11.3. The quantitative estimate of drug-likeness (QED) is 0.838. The maximum absolute atomic E-state index is 9.73. The average molecular weight is 244 g/mol. The van der Waals surface area contributed by atoms with Gasteiger partial charge in [0, 0.05) is 12.1 Å². The fourth-order valence-corrected chi connectivity index (χ4v) is 1.83. The minimum Gasteiger partial charge on any atom is -0.508 e. The molecule has 0 aliphatic heterocycles. The third kappa shape index (κ3) is 3.13. The summed E-state index contributed by atoms with van der Waals surface area (Å²) >= 11 is 0. The van der Waals surface area contributed by atoms with Gasteiger partial charge in [-0.2, -0.15) is 0 Å². The molecule has 16 heavy (non-hydrogen) atoms. The van der Waals surface area contributed by atoms with Crippen LogP contribution < -0.4 is 5.73 Å². The number of phenols is 1. The van der Waals surface area contributed by atoms with Crippen LogP contribution in [0.2, 0.25) is 0 Å². The van der Waals surface area contributed by atoms with Gasteiger partial charge in [-0.25, -0.2) is 0 Å². The Morgan fingerprint density at radius 2 is 1.75 bits per heavy atom. The first-order chi connectivity index (χ1) is 6.90. The molecule has 0 unspecified atom stereocenters. The zero-order chi connectivity index (χ0) is 11.6. The van der Waals surface area contributed by atoms with Crippen molar-refractivity contribution in [3.63, 3.8) is 0 Å². The standard InChI is InChI=1S/C13H21NO.ClH/c1-5-9-7-12(15)10(8-14)6-11(9)13(2,3)4;/h6-7,15H,5,8,14H2,1-4H3;1H. The fraction of sp³-hybridized carbons (Fsp3) is 0.538. The molecule has 0 radical (unpaired) electrons. The highest BCUT2D eigenvalue weighted by atomic mass is 35.5. The van der Waals surface area contributed by atoms with Gasteiger partial charge in [0.15, 0.2) is 0 Å². The highest BCUT2D eigenvalue weighted by Gasteiger charge is 2.19. The molecular weight excluding hydrogens is 222 g/mol. The van der Waals surface area contributed by atoms with E-state index in [-0.39, 0.29) is 17.8 Å². The van der Waals surface area contributed by atoms with E-state index in [9.17, 15) is 5.11 Å². The van der Waals surface area contributed by atoms with Crippen molar-refractivity contribution < 1.29 is 5.11 Å². The molecule has 1 aromatic rings. The Kier molecular flexibility index (Phi) is 5.30. The van der Waals surface area contributed by atoms with E-state index in [2.05, 4.69) is 27.7 Å². The Morgan fingerprint density at radius 1 is 1.19 bits per heavy atom. The number of aromatic hydroxyl groups is 1. The first-order valence-electron chi connectivity index (χ1n) is 5.45. The van der Waals surface area contributed by atoms with Crippen molar-refractivity contribution in [1.82, 2.24) is 0 Å². The lowest BCUT2D eigenvalue weighted by atomic mass is 9.82. The predicted molar refractivity (Wildman–Crippen MR) is 71.3 cm³/mol. The molecule has 1 rings (SSSR count). The Labute approximate surface area is 104 Å². The van der Waals surface area contributed by atoms with Crippen molar-refractivity contribution >= 4 is 12.4 Å². The number of nitrogens with two attached hydrogens (primary N) is 1. The fourth-order valence-electron chi connectivity index (χ4n) is 1.83. The topological polar surface area (TPSA) is 46.2 Å². The number of halogens is 1. The van der Waals surface area contributed by atoms with Crippen LogP contribution in [0.5, 0.6) is 5.75 Å². The Balaban J connectivity index is 0.00000225. The van der Waals surface area contributed by atoms with Crippen LogP contribution in [-0.4, -0.2) is 5.11 Å². The molecule has 3 N–H and O–H groups in total. The SMILES string of the molecule is CCc1cc(O)c(CN)cc1C(C)(C)C.Cl. The number of hydrogen-bond donors (Lipinski definition) is 2. The molecule has 0 atom stereocenters. The Hall–Kier alpha value is -0.730. The molecule has 2 nitrogen and oxygen atoms in total. The lowest BCUT2D eigenvalue weighted by molar-refractivity contribution is 0.465. The molecule has 0 heterocycles. The summed E-state index contributed by atoms with van der Waals surface area (Å²) in [6.07, 6.45) is 0.936. The molecule has 0 aliphatic carbocycles. The van der Waals surface area contributed by atoms with Crippen molar-refractivity contribution in [2.75, 3.05) is 0 Å². The third-order valence-corrected chi connectivity index (χ3v) is 2.71. The van der Waals surface area contributed by atoms with E-state index in [0.717, 1.165) is 12.0 Å². The molecule has 0 saturated carbocycles. The second-order valence-electron chi connectivity index (χ2n) is 4.95. The minimum absolute atomic E-state index is 0. The summed E-state index contributed by atoms with van der Waals surface area (Å²) < 4.78 is 0. The second-order valence-corrected chi connectivity index (χ2v) is 4.95. The molecule has 0 saturated heterocycles. The first-order valence-corrected chi connectivity index (χ1v) is 5.45. The number of benzene rings is 1. The van der Waals surface area contributed by atoms with Crippen molar-refractivity contribution in [3.8, 4) is 5.75 Å². The minimum atomic E-state index is 0. The lowest BCUT2D eigenvalue weighted by Crippen LogP contribution is -2.15. The van der Waals surface area contributed by atoms with Crippen LogP contribution in [0, 0.1) is 0 Å². The third-order valence-electron chi connectivity index (χ3n) is 2.71. The van der Waals surface area contributed by atoms with E-state index in [1.807, 2.05) is 12.1 Å². The van der Waals surface area contributed by atoms with Gasteiger partial charge in [-0.05, 0) is 29.0 Å². The van der Waals surface area contributed by atoms with E-state index in [4.69, 9.17) is 5.73 Å². The molecule has 1 aromatic carbocycles. The van der Waals surface area contributed by atoms with Crippen LogP contribution in [0.15, 0.2) is 12.1 Å². The molecule has 92 valence electrons. The van der Waals surface area contributed by atoms with Gasteiger partial charge in [0.05, 0.1) is 0 Å². The van der Waals surface area contributed by atoms with Crippen LogP contribution in [0.3, 0.4) is 0 Å². The van der Waals surface area contributed by atoms with Gasteiger partial charge in [0.1, 0.15) is 5.75 Å². The summed E-state index contributed by atoms with van der Waals surface area (Å²) in [5.41, 5.74) is 9.01. The molecule has 0 aliphatic rings. The second kappa shape index (κ2) is 5.55. The smallest absolute Gasteiger partial charge is 0.120 e. The molecule has 0 fully saturated rings. The van der Waals surface area contributed by atoms with Gasteiger partial charge in [-0.15, -0.1) is 12.4 Å². The van der Waals surface area contributed by atoms with E-state index in [0.29, 0.717) is 12.3 Å². The van der Waals surface area contributed by atoms with Crippen LogP contribution >= 0.6 is 12.4 Å². The zero-order valence-electron chi connectivity index (χ0n) is 10.5. The monoisotopic (exact) mass is 243 g/mol. The maximum Gasteiger partial charge on any atom is 0.120 e. The summed E-state index contributed by atoms with van der Waals surface area (Å²) in [6.45, 7) is 9.03. The van der Waals surface area contributed by atoms with Gasteiger partial charge in [-0.1, -0.05) is 33.8 Å². The van der Waals surface area contributed by atoms with Crippen LogP contribution in [0.1, 0.15) is 44.4 Å². The van der Waals surface area contributed by atoms with Crippen LogP contribution in [-0.2, 0) is 18.4 Å². The lowest BCUT2D eigenvalue weighted by Gasteiger charge is -2.24. The molecule has 0 aromatic heterocycles. The van der Waals surface area contributed by atoms with Crippen molar-refractivity contribution in [1.29, 1.82) is 0 Å². The molecule has 0 bridgehead atoms. The largest absolute Gasteiger partial charge is 0.508 e. The predicted octanol–water partition coefficient (Wildman–Crippen LogP) is 3.13. The maximum atomic E-state index is 9.73. The number of aryl methyl sites for hydroxylation is 1. The first kappa shape index (κ1) is 15.3. The van der Waals surface area contributed by atoms with Gasteiger partial charge < -0.3 is 10.8 Å². The molecule has 0 spiro atoms. The Bertz CT molecular complexity index is 356. The van der Waals surface area contributed by atoms with Gasteiger partial charge in [0.2, 0.25) is 0 Å². The summed E-state index contributed by atoms with van der Waals surface area (Å²) in [5.74, 6) is 0.322. The summed E-state index contributed by atoms with van der Waals surface area (Å²) in [4.78, 5) is 0. The Morgan fingerprint density at radius 3 is 2.12 bits per heavy atom. The van der Waals surface area contributed by atoms with E-state index in [1.165, 1.54) is 11.1 Å². The van der Waals surface area contributed by atoms with Crippen molar-refractivity contribution in [2.45, 2.75) is 46.1 Å². The molecule has 3 heteroatoms. The average Bonchev–Trinajstić information content (AvgIpc) is 2.15. The van der Waals surface area contributed by atoms with Crippen LogP contribution in [0.25, 0.3) is 0 Å². The summed E-state index contributed by atoms with van der Waals surface area (Å²) in [5, 5.41) is 9.73. The van der Waals surface area contributed by atoms with Gasteiger partial charge in [-0.3, -0.25) is 0 Å². The van der Waals surface area contributed by atoms with E-state index in [1.54, 1.807) is 0 Å². The van der Waals surface area contributed by atoms with Gasteiger partial charge in [0.25, 0.3) is 0 Å². The number of rotatable bonds is 2. The van der Waals surface area contributed by atoms with Gasteiger partial charge >= 0.3 is 0 Å². The highest BCUT2D eigenvalue weighted by Crippen LogP contribution is 2.31. The number of hydrogen-bond acceptors (Lipinski definition) is 2. The number of phenolic OH excluding ortho intramolecular Hbond substituents is 1. The van der Waals surface area contributed by atoms with Crippen molar-refractivity contribution in [3.05, 3.63) is 28.8 Å². The summed E-state index contributed by atoms with van der Waals surface area (Å²) in [6, 6.07) is 3.89. The van der Waals surface area contributed by atoms with E-state index >= 15 is 0 Å². The van der Waals surface area contributed by atoms with Crippen LogP contribution in [0.4, 0.5) is 0 Å². The highest BCUT2D eigenvalue weighted by molar-refractivity contribution is 5.85. The summed E-state index contributed by atoms with van der Waals surface area (Å²) in [7, 11) is 0.